The summed E-state index contributed by atoms with van der Waals surface area (Å²) in [7, 11) is 0. The Kier molecular flexibility index (Phi) is 31.9. The summed E-state index contributed by atoms with van der Waals surface area (Å²) in [5, 5.41) is 24.2. The van der Waals surface area contributed by atoms with Gasteiger partial charge >= 0.3 is 0 Å². The van der Waals surface area contributed by atoms with E-state index in [4.69, 9.17) is 15.3 Å². The Bertz CT molecular complexity index is 235. The predicted octanol–water partition coefficient (Wildman–Crippen LogP) is 3.91. The summed E-state index contributed by atoms with van der Waals surface area (Å²) in [5.41, 5.74) is 1.48. The molecule has 0 atom stereocenters. The van der Waals surface area contributed by atoms with Crippen LogP contribution in [-0.2, 0) is 32.3 Å². The molecular weight excluding hydrogens is 443 g/mol. The average Bonchev–Trinajstić information content (AvgIpc) is 2.76. The molecule has 0 fully saturated rings. The van der Waals surface area contributed by atoms with Crippen molar-refractivity contribution in [3.8, 4) is 0 Å². The van der Waals surface area contributed by atoms with Crippen LogP contribution in [0.2, 0.25) is 0 Å². The minimum Gasteiger partial charge on any atom is -0.394 e. The van der Waals surface area contributed by atoms with Crippen molar-refractivity contribution in [2.75, 3.05) is 0 Å². The minimum atomic E-state index is -0.167. The van der Waals surface area contributed by atoms with Crippen molar-refractivity contribution < 1.29 is 41.2 Å². The first-order chi connectivity index (χ1) is 9.63. The van der Waals surface area contributed by atoms with Crippen LogP contribution >= 0.6 is 0 Å². The fourth-order valence-electron chi connectivity index (χ4n) is 0.961. The summed E-state index contributed by atoms with van der Waals surface area (Å²) in [5.74, 6) is 0. The maximum Gasteiger partial charge on any atom is 0.0483 e. The van der Waals surface area contributed by atoms with Gasteiger partial charge in [0.15, 0.2) is 0 Å². The van der Waals surface area contributed by atoms with Gasteiger partial charge in [-0.15, -0.1) is 0 Å². The Balaban J connectivity index is -0.000000107. The van der Waals surface area contributed by atoms with Crippen molar-refractivity contribution in [1.82, 2.24) is 0 Å². The number of aryl methyl sites for hydroxylation is 1. The number of rotatable bonds is 3. The molecule has 0 aliphatic carbocycles. The quantitative estimate of drug-likeness (QED) is 0.455. The molecule has 132 valence electrons. The number of hydrogen-bond acceptors (Lipinski definition) is 3. The fourth-order valence-corrected chi connectivity index (χ4v) is 0.961. The Morgan fingerprint density at radius 2 is 1.05 bits per heavy atom. The monoisotopic (exact) mass is 481 g/mol. The molecule has 0 saturated heterocycles. The van der Waals surface area contributed by atoms with Gasteiger partial charge in [0.2, 0.25) is 0 Å². The molecule has 0 aliphatic heterocycles. The third-order valence-corrected chi connectivity index (χ3v) is 1.55. The largest absolute Gasteiger partial charge is 0.394 e. The summed E-state index contributed by atoms with van der Waals surface area (Å²) in [6, 6.07) is 8.58. The van der Waals surface area contributed by atoms with Crippen LogP contribution in [-0.4, -0.2) is 33.6 Å². The Morgan fingerprint density at radius 1 is 0.773 bits per heavy atom. The molecule has 0 amide bonds. The second kappa shape index (κ2) is 23.4. The molecule has 0 aliphatic rings. The molecule has 1 aromatic carbocycles. The second-order valence-electron chi connectivity index (χ2n) is 5.68. The molecule has 4 heteroatoms. The summed E-state index contributed by atoms with van der Waals surface area (Å²) >= 11 is 0. The summed E-state index contributed by atoms with van der Waals surface area (Å²) in [6.07, 6.45) is 3.37. The molecule has 3 N–H and O–H groups in total. The SMILES string of the molecule is CC(C)O.CC(C)O.CC(C)O.CCCC[c-]1cccc1.[Hf]. The third kappa shape index (κ3) is 59.5. The van der Waals surface area contributed by atoms with Gasteiger partial charge in [0.25, 0.3) is 0 Å². The summed E-state index contributed by atoms with van der Waals surface area (Å²) < 4.78 is 0. The molecule has 22 heavy (non-hydrogen) atoms. The smallest absolute Gasteiger partial charge is 0.0483 e. The van der Waals surface area contributed by atoms with E-state index in [1.807, 2.05) is 0 Å². The van der Waals surface area contributed by atoms with Gasteiger partial charge < -0.3 is 15.3 Å². The average molecular weight is 480 g/mol. The van der Waals surface area contributed by atoms with Crippen molar-refractivity contribution in [2.45, 2.75) is 86.0 Å². The molecule has 0 radical (unpaired) electrons. The Labute approximate surface area is 156 Å². The predicted molar refractivity (Wildman–Crippen MR) is 92.7 cm³/mol. The van der Waals surface area contributed by atoms with E-state index in [-0.39, 0.29) is 44.2 Å². The summed E-state index contributed by atoms with van der Waals surface area (Å²) in [6.45, 7) is 12.6. The van der Waals surface area contributed by atoms with Gasteiger partial charge in [0, 0.05) is 44.2 Å². The van der Waals surface area contributed by atoms with Crippen LogP contribution in [0.1, 0.15) is 66.9 Å². The zero-order chi connectivity index (χ0) is 17.3. The van der Waals surface area contributed by atoms with Gasteiger partial charge in [0.05, 0.1) is 0 Å². The maximum atomic E-state index is 8.06. The van der Waals surface area contributed by atoms with E-state index in [1.165, 1.54) is 24.8 Å². The van der Waals surface area contributed by atoms with E-state index in [9.17, 15) is 0 Å². The van der Waals surface area contributed by atoms with Gasteiger partial charge in [-0.05, 0) is 41.5 Å². The Hall–Kier alpha value is 0.100. The summed E-state index contributed by atoms with van der Waals surface area (Å²) in [4.78, 5) is 0. The van der Waals surface area contributed by atoms with Crippen LogP contribution in [0.3, 0.4) is 0 Å². The van der Waals surface area contributed by atoms with E-state index < -0.39 is 0 Å². The van der Waals surface area contributed by atoms with Crippen LogP contribution in [0.5, 0.6) is 0 Å². The van der Waals surface area contributed by atoms with E-state index in [1.54, 1.807) is 41.5 Å². The van der Waals surface area contributed by atoms with Crippen molar-refractivity contribution in [1.29, 1.82) is 0 Å². The van der Waals surface area contributed by atoms with E-state index >= 15 is 0 Å². The van der Waals surface area contributed by atoms with E-state index in [0.29, 0.717) is 0 Å². The zero-order valence-corrected chi connectivity index (χ0v) is 19.1. The van der Waals surface area contributed by atoms with Crippen LogP contribution < -0.4 is 0 Å². The molecule has 0 aromatic heterocycles. The molecule has 3 nitrogen and oxygen atoms in total. The van der Waals surface area contributed by atoms with Crippen LogP contribution in [0.4, 0.5) is 0 Å². The number of aliphatic hydroxyl groups is 3. The van der Waals surface area contributed by atoms with Gasteiger partial charge in [-0.3, -0.25) is 0 Å². The third-order valence-electron chi connectivity index (χ3n) is 1.55. The molecule has 0 bridgehead atoms. The van der Waals surface area contributed by atoms with Crippen molar-refractivity contribution >= 4 is 0 Å². The first kappa shape index (κ1) is 30.0. The van der Waals surface area contributed by atoms with Crippen LogP contribution in [0.15, 0.2) is 24.3 Å². The van der Waals surface area contributed by atoms with E-state index in [0.717, 1.165) is 0 Å². The molecule has 0 heterocycles. The molecule has 1 rings (SSSR count). The zero-order valence-electron chi connectivity index (χ0n) is 15.5. The first-order valence-corrected chi connectivity index (χ1v) is 7.88. The van der Waals surface area contributed by atoms with Gasteiger partial charge in [-0.25, -0.2) is 12.1 Å². The number of unbranched alkanes of at least 4 members (excludes halogenated alkanes) is 1. The molecular formula is C18H37HfO3-. The fraction of sp³-hybridized carbons (Fsp3) is 0.722. The number of hydrogen-bond donors (Lipinski definition) is 3. The van der Waals surface area contributed by atoms with Gasteiger partial charge in [-0.2, -0.15) is 17.7 Å². The maximum absolute atomic E-state index is 8.06. The van der Waals surface area contributed by atoms with Crippen molar-refractivity contribution in [3.05, 3.63) is 29.8 Å². The standard InChI is InChI=1S/C9H13.3C3H8O.Hf/c1-2-3-6-9-7-4-5-8-9;3*1-3(2)4;/h4-5,7-8H,2-3,6H2,1H3;3*3-4H,1-2H3;/q-1;;;;. The molecule has 0 unspecified atom stereocenters. The number of aliphatic hydroxyl groups excluding tert-OH is 3. The Morgan fingerprint density at radius 3 is 1.27 bits per heavy atom. The first-order valence-electron chi connectivity index (χ1n) is 7.88. The molecule has 0 saturated carbocycles. The second-order valence-corrected chi connectivity index (χ2v) is 5.68. The molecule has 1 aromatic rings. The van der Waals surface area contributed by atoms with Crippen molar-refractivity contribution in [3.63, 3.8) is 0 Å². The topological polar surface area (TPSA) is 60.7 Å². The van der Waals surface area contributed by atoms with Crippen LogP contribution in [0, 0.1) is 0 Å². The minimum absolute atomic E-state index is 0. The van der Waals surface area contributed by atoms with E-state index in [2.05, 4.69) is 31.2 Å². The van der Waals surface area contributed by atoms with Gasteiger partial charge in [0.1, 0.15) is 0 Å². The van der Waals surface area contributed by atoms with Crippen molar-refractivity contribution in [2.24, 2.45) is 0 Å². The molecule has 0 spiro atoms. The van der Waals surface area contributed by atoms with Gasteiger partial charge in [-0.1, -0.05) is 26.2 Å². The normalized spacial score (nSPS) is 8.95. The van der Waals surface area contributed by atoms with Crippen LogP contribution in [0.25, 0.3) is 0 Å².